The fraction of sp³-hybridized carbons (Fsp3) is 0.125. The van der Waals surface area contributed by atoms with Crippen molar-refractivity contribution in [2.75, 3.05) is 0 Å². The predicted molar refractivity (Wildman–Crippen MR) is 77.3 cm³/mol. The highest BCUT2D eigenvalue weighted by molar-refractivity contribution is 5.70. The Labute approximate surface area is 142 Å². The van der Waals surface area contributed by atoms with Gasteiger partial charge in [0, 0.05) is 11.1 Å². The molecule has 0 spiro atoms. The highest BCUT2D eigenvalue weighted by Crippen LogP contribution is 2.43. The standard InChI is InChI=1S/C16H7F6N4/c17-15(18,19)10-2-1-3-11(16(20,21)22)14(10)13-5-4-12(25-26-13)9-6-7-23-24-8-9/h1-7H. The second-order valence-corrected chi connectivity index (χ2v) is 5.08. The number of rotatable bonds is 2. The van der Waals surface area contributed by atoms with Crippen LogP contribution < -0.4 is 0 Å². The third kappa shape index (κ3) is 3.48. The largest absolute Gasteiger partial charge is 0.417 e. The minimum Gasteiger partial charge on any atom is -0.166 e. The zero-order valence-corrected chi connectivity index (χ0v) is 12.6. The lowest BCUT2D eigenvalue weighted by Crippen LogP contribution is -2.14. The number of hydrogen-bond donors (Lipinski definition) is 0. The van der Waals surface area contributed by atoms with Crippen molar-refractivity contribution in [2.24, 2.45) is 0 Å². The number of hydrogen-bond acceptors (Lipinski definition) is 4. The van der Waals surface area contributed by atoms with Gasteiger partial charge in [-0.2, -0.15) is 31.4 Å². The van der Waals surface area contributed by atoms with Crippen LogP contribution in [0, 0.1) is 6.20 Å². The quantitative estimate of drug-likeness (QED) is 0.627. The van der Waals surface area contributed by atoms with Crippen molar-refractivity contribution in [1.29, 1.82) is 0 Å². The molecule has 3 aromatic rings. The van der Waals surface area contributed by atoms with E-state index in [4.69, 9.17) is 0 Å². The topological polar surface area (TPSA) is 51.6 Å². The Kier molecular flexibility index (Phi) is 4.34. The minimum absolute atomic E-state index is 0.182. The van der Waals surface area contributed by atoms with E-state index in [-0.39, 0.29) is 5.69 Å². The predicted octanol–water partition coefficient (Wildman–Crippen LogP) is 4.44. The maximum Gasteiger partial charge on any atom is 0.417 e. The summed E-state index contributed by atoms with van der Waals surface area (Å²) < 4.78 is 79.3. The Bertz CT molecular complexity index is 873. The van der Waals surface area contributed by atoms with E-state index in [1.54, 1.807) is 0 Å². The van der Waals surface area contributed by atoms with Crippen molar-refractivity contribution in [3.05, 3.63) is 59.9 Å². The average Bonchev–Trinajstić information content (AvgIpc) is 2.60. The Morgan fingerprint density at radius 1 is 0.731 bits per heavy atom. The van der Waals surface area contributed by atoms with E-state index >= 15 is 0 Å². The molecule has 0 aliphatic heterocycles. The van der Waals surface area contributed by atoms with Crippen LogP contribution >= 0.6 is 0 Å². The van der Waals surface area contributed by atoms with Gasteiger partial charge < -0.3 is 0 Å². The van der Waals surface area contributed by atoms with Gasteiger partial charge >= 0.3 is 12.4 Å². The first-order valence-electron chi connectivity index (χ1n) is 6.99. The van der Waals surface area contributed by atoms with E-state index < -0.39 is 34.7 Å². The first-order valence-corrected chi connectivity index (χ1v) is 6.99. The molecule has 0 saturated heterocycles. The molecule has 0 amide bonds. The molecule has 3 rings (SSSR count). The van der Waals surface area contributed by atoms with Gasteiger partial charge in [-0.05, 0) is 30.3 Å². The molecule has 10 heteroatoms. The first kappa shape index (κ1) is 17.8. The number of halogens is 6. The Balaban J connectivity index is 2.17. The van der Waals surface area contributed by atoms with Crippen LogP contribution in [0.4, 0.5) is 26.3 Å². The zero-order valence-electron chi connectivity index (χ0n) is 12.6. The van der Waals surface area contributed by atoms with E-state index in [1.165, 1.54) is 18.3 Å². The Hall–Kier alpha value is -3.04. The van der Waals surface area contributed by atoms with Crippen molar-refractivity contribution in [3.8, 4) is 22.5 Å². The van der Waals surface area contributed by atoms with Crippen LogP contribution in [0.25, 0.3) is 22.5 Å². The molecule has 26 heavy (non-hydrogen) atoms. The maximum absolute atomic E-state index is 13.2. The summed E-state index contributed by atoms with van der Waals surface area (Å²) in [7, 11) is 0. The number of benzene rings is 1. The summed E-state index contributed by atoms with van der Waals surface area (Å²) in [6.45, 7) is 0. The van der Waals surface area contributed by atoms with Crippen molar-refractivity contribution in [2.45, 2.75) is 12.4 Å². The fourth-order valence-corrected chi connectivity index (χ4v) is 2.31. The first-order chi connectivity index (χ1) is 12.2. The Morgan fingerprint density at radius 2 is 1.31 bits per heavy atom. The highest BCUT2D eigenvalue weighted by atomic mass is 19.4. The Morgan fingerprint density at radius 3 is 1.77 bits per heavy atom. The van der Waals surface area contributed by atoms with Crippen LogP contribution in [-0.4, -0.2) is 20.4 Å². The van der Waals surface area contributed by atoms with Gasteiger partial charge in [0.2, 0.25) is 0 Å². The molecule has 1 radical (unpaired) electrons. The molecular formula is C16H7F6N4. The lowest BCUT2D eigenvalue weighted by atomic mass is 9.97. The molecule has 4 nitrogen and oxygen atoms in total. The molecule has 0 unspecified atom stereocenters. The monoisotopic (exact) mass is 369 g/mol. The zero-order chi connectivity index (χ0) is 18.9. The normalized spacial score (nSPS) is 12.2. The van der Waals surface area contributed by atoms with E-state index in [1.807, 2.05) is 0 Å². The summed E-state index contributed by atoms with van der Waals surface area (Å²) in [6.07, 6.45) is -6.15. The smallest absolute Gasteiger partial charge is 0.166 e. The molecule has 133 valence electrons. The van der Waals surface area contributed by atoms with Crippen LogP contribution in [0.3, 0.4) is 0 Å². The SMILES string of the molecule is FC(F)(F)c1cccc(C(F)(F)F)c1-c1ccc(-c2[c]nncc2)nn1. The molecule has 0 atom stereocenters. The van der Waals surface area contributed by atoms with E-state index in [0.29, 0.717) is 23.8 Å². The van der Waals surface area contributed by atoms with Gasteiger partial charge in [-0.1, -0.05) is 6.07 Å². The molecule has 2 aromatic heterocycles. The maximum atomic E-state index is 13.2. The van der Waals surface area contributed by atoms with Crippen LogP contribution in [0.5, 0.6) is 0 Å². The van der Waals surface area contributed by atoms with Crippen molar-refractivity contribution >= 4 is 0 Å². The molecule has 0 fully saturated rings. The molecular weight excluding hydrogens is 362 g/mol. The molecule has 0 saturated carbocycles. The van der Waals surface area contributed by atoms with Crippen LogP contribution in [-0.2, 0) is 12.4 Å². The van der Waals surface area contributed by atoms with E-state index in [9.17, 15) is 26.3 Å². The van der Waals surface area contributed by atoms with Crippen LogP contribution in [0.15, 0.2) is 42.6 Å². The molecule has 0 aliphatic carbocycles. The van der Waals surface area contributed by atoms with Crippen molar-refractivity contribution < 1.29 is 26.3 Å². The van der Waals surface area contributed by atoms with E-state index in [0.717, 1.165) is 6.07 Å². The van der Waals surface area contributed by atoms with Gasteiger partial charge in [0.05, 0.1) is 28.7 Å². The van der Waals surface area contributed by atoms with Gasteiger partial charge in [-0.3, -0.25) is 0 Å². The van der Waals surface area contributed by atoms with Gasteiger partial charge in [0.25, 0.3) is 0 Å². The fourth-order valence-electron chi connectivity index (χ4n) is 2.31. The summed E-state index contributed by atoms with van der Waals surface area (Å²) in [5.74, 6) is 0. The second kappa shape index (κ2) is 6.36. The minimum atomic E-state index is -4.99. The summed E-state index contributed by atoms with van der Waals surface area (Å²) in [6, 6.07) is 5.59. The second-order valence-electron chi connectivity index (χ2n) is 5.08. The van der Waals surface area contributed by atoms with Crippen LogP contribution in [0.2, 0.25) is 0 Å². The lowest BCUT2D eigenvalue weighted by Gasteiger charge is -2.18. The van der Waals surface area contributed by atoms with Crippen molar-refractivity contribution in [3.63, 3.8) is 0 Å². The number of nitrogens with zero attached hydrogens (tertiary/aromatic N) is 4. The van der Waals surface area contributed by atoms with Crippen LogP contribution in [0.1, 0.15) is 11.1 Å². The summed E-state index contributed by atoms with van der Waals surface area (Å²) >= 11 is 0. The third-order valence-corrected chi connectivity index (χ3v) is 3.41. The average molecular weight is 369 g/mol. The van der Waals surface area contributed by atoms with Gasteiger partial charge in [-0.15, -0.1) is 15.3 Å². The molecule has 0 aliphatic rings. The number of alkyl halides is 6. The van der Waals surface area contributed by atoms with Crippen molar-refractivity contribution in [1.82, 2.24) is 20.4 Å². The number of aromatic nitrogens is 4. The molecule has 2 heterocycles. The molecule has 1 aromatic carbocycles. The van der Waals surface area contributed by atoms with Gasteiger partial charge in [-0.25, -0.2) is 0 Å². The summed E-state index contributed by atoms with van der Waals surface area (Å²) in [4.78, 5) is 0. The van der Waals surface area contributed by atoms with Gasteiger partial charge in [0.1, 0.15) is 6.20 Å². The summed E-state index contributed by atoms with van der Waals surface area (Å²) in [5, 5.41) is 14.2. The third-order valence-electron chi connectivity index (χ3n) is 3.41. The van der Waals surface area contributed by atoms with E-state index in [2.05, 4.69) is 26.6 Å². The molecule has 0 N–H and O–H groups in total. The van der Waals surface area contributed by atoms with Gasteiger partial charge in [0.15, 0.2) is 0 Å². The summed E-state index contributed by atoms with van der Waals surface area (Å²) in [5.41, 5.74) is -3.96. The lowest BCUT2D eigenvalue weighted by molar-refractivity contribution is -0.142. The highest BCUT2D eigenvalue weighted by Gasteiger charge is 2.41. The molecule has 0 bridgehead atoms.